The lowest BCUT2D eigenvalue weighted by atomic mass is 9.95. The first-order chi connectivity index (χ1) is 17.5. The van der Waals surface area contributed by atoms with Crippen LogP contribution in [0.4, 0.5) is 11.4 Å². The molecule has 0 amide bonds. The third kappa shape index (κ3) is 4.94. The first kappa shape index (κ1) is 26.3. The van der Waals surface area contributed by atoms with Gasteiger partial charge in [0, 0.05) is 30.3 Å². The van der Waals surface area contributed by atoms with Gasteiger partial charge in [0.25, 0.3) is 11.2 Å². The molecule has 0 aliphatic carbocycles. The second-order valence-electron chi connectivity index (χ2n) is 8.39. The van der Waals surface area contributed by atoms with Crippen molar-refractivity contribution in [1.82, 2.24) is 4.57 Å². The molecule has 192 valence electrons. The van der Waals surface area contributed by atoms with E-state index < -0.39 is 33.9 Å². The normalized spacial score (nSPS) is 15.3. The monoisotopic (exact) mass is 585 g/mol. The van der Waals surface area contributed by atoms with E-state index in [1.54, 1.807) is 13.8 Å². The molecule has 37 heavy (non-hydrogen) atoms. The Morgan fingerprint density at radius 3 is 2.57 bits per heavy atom. The van der Waals surface area contributed by atoms with Crippen molar-refractivity contribution in [2.45, 2.75) is 19.9 Å². The molecule has 2 aromatic carbocycles. The number of carbonyl (C=O) groups excluding carboxylic acids is 1. The zero-order valence-corrected chi connectivity index (χ0v) is 22.8. The quantitative estimate of drug-likeness (QED) is 0.247. The van der Waals surface area contributed by atoms with Crippen LogP contribution in [0.15, 0.2) is 61.9 Å². The summed E-state index contributed by atoms with van der Waals surface area (Å²) < 4.78 is 7.17. The number of anilines is 1. The fourth-order valence-electron chi connectivity index (χ4n) is 4.05. The maximum absolute atomic E-state index is 13.7. The van der Waals surface area contributed by atoms with Gasteiger partial charge in [0.2, 0.25) is 0 Å². The fourth-order valence-corrected chi connectivity index (χ4v) is 5.55. The summed E-state index contributed by atoms with van der Waals surface area (Å²) in [5.41, 5.74) is 1.16. The number of halogens is 1. The minimum Gasteiger partial charge on any atom is -0.867 e. The Labute approximate surface area is 223 Å². The van der Waals surface area contributed by atoms with Crippen molar-refractivity contribution in [3.8, 4) is 5.75 Å². The molecule has 1 atom stereocenters. The van der Waals surface area contributed by atoms with Crippen LogP contribution in [0.2, 0.25) is 0 Å². The molecule has 0 fully saturated rings. The van der Waals surface area contributed by atoms with Gasteiger partial charge in [-0.3, -0.25) is 19.5 Å². The second kappa shape index (κ2) is 10.3. The number of nitro benzene ring substituents is 1. The Morgan fingerprint density at radius 2 is 1.97 bits per heavy atom. The predicted molar refractivity (Wildman–Crippen MR) is 141 cm³/mol. The van der Waals surface area contributed by atoms with Crippen molar-refractivity contribution in [2.24, 2.45) is 4.99 Å². The Morgan fingerprint density at radius 1 is 1.30 bits per heavy atom. The molecule has 1 aromatic heterocycles. The van der Waals surface area contributed by atoms with E-state index in [1.165, 1.54) is 16.7 Å². The highest BCUT2D eigenvalue weighted by atomic mass is 79.9. The summed E-state index contributed by atoms with van der Waals surface area (Å²) in [6.45, 7) is 3.53. The first-order valence-electron chi connectivity index (χ1n) is 11.1. The van der Waals surface area contributed by atoms with E-state index in [1.807, 2.05) is 43.3 Å². The van der Waals surface area contributed by atoms with Gasteiger partial charge in [0.15, 0.2) is 4.80 Å². The number of thiazole rings is 1. The van der Waals surface area contributed by atoms with Gasteiger partial charge < -0.3 is 14.7 Å². The van der Waals surface area contributed by atoms with Crippen LogP contribution in [-0.2, 0) is 9.53 Å². The number of fused-ring (bicyclic) bond motifs is 1. The van der Waals surface area contributed by atoms with Crippen molar-refractivity contribution in [3.05, 3.63) is 93.1 Å². The zero-order valence-electron chi connectivity index (χ0n) is 20.4. The molecule has 0 N–H and O–H groups in total. The summed E-state index contributed by atoms with van der Waals surface area (Å²) >= 11 is 4.22. The summed E-state index contributed by atoms with van der Waals surface area (Å²) in [7, 11) is 3.81. The van der Waals surface area contributed by atoms with E-state index in [0.717, 1.165) is 23.1 Å². The van der Waals surface area contributed by atoms with Crippen molar-refractivity contribution < 1.29 is 19.6 Å². The van der Waals surface area contributed by atoms with Crippen LogP contribution in [0.1, 0.15) is 31.0 Å². The van der Waals surface area contributed by atoms with Crippen LogP contribution in [0.3, 0.4) is 0 Å². The molecular formula is C25H22BrN4O6S-. The number of ether oxygens (including phenoxy) is 1. The van der Waals surface area contributed by atoms with Gasteiger partial charge in [-0.05, 0) is 55.0 Å². The van der Waals surface area contributed by atoms with Crippen molar-refractivity contribution in [2.75, 3.05) is 25.6 Å². The number of nitrogens with zero attached hydrogens (tertiary/aromatic N) is 4. The average molecular weight is 586 g/mol. The molecule has 0 radical (unpaired) electrons. The summed E-state index contributed by atoms with van der Waals surface area (Å²) in [5, 5.41) is 24.0. The highest BCUT2D eigenvalue weighted by Crippen LogP contribution is 2.33. The highest BCUT2D eigenvalue weighted by Gasteiger charge is 2.33. The molecule has 12 heteroatoms. The largest absolute Gasteiger partial charge is 0.867 e. The average Bonchev–Trinajstić information content (AvgIpc) is 3.14. The van der Waals surface area contributed by atoms with Crippen molar-refractivity contribution in [1.29, 1.82) is 0 Å². The highest BCUT2D eigenvalue weighted by molar-refractivity contribution is 9.10. The summed E-state index contributed by atoms with van der Waals surface area (Å²) in [6.07, 6.45) is 1.32. The smallest absolute Gasteiger partial charge is 0.338 e. The minimum absolute atomic E-state index is 0.0143. The van der Waals surface area contributed by atoms with Gasteiger partial charge in [0.1, 0.15) is 0 Å². The third-order valence-electron chi connectivity index (χ3n) is 5.79. The molecule has 0 spiro atoms. The van der Waals surface area contributed by atoms with E-state index in [4.69, 9.17) is 4.74 Å². The fraction of sp³-hybridized carbons (Fsp3) is 0.240. The molecule has 0 saturated carbocycles. The number of aromatic nitrogens is 1. The van der Waals surface area contributed by atoms with E-state index in [9.17, 15) is 24.8 Å². The van der Waals surface area contributed by atoms with Gasteiger partial charge in [-0.15, -0.1) is 0 Å². The molecule has 4 rings (SSSR count). The van der Waals surface area contributed by atoms with E-state index in [2.05, 4.69) is 20.9 Å². The molecule has 1 aliphatic rings. The SMILES string of the molecule is CCOC(=O)C1=C(C)N=c2s/c(=C\c3cc(Br)cc([N+](=O)[O-])c3[O-])c(=O)n2[C@H]1c1ccc(N(C)C)cc1. The van der Waals surface area contributed by atoms with Crippen LogP contribution in [0, 0.1) is 10.1 Å². The molecular weight excluding hydrogens is 564 g/mol. The molecule has 0 bridgehead atoms. The van der Waals surface area contributed by atoms with Crippen LogP contribution < -0.4 is 24.9 Å². The van der Waals surface area contributed by atoms with Crippen molar-refractivity contribution >= 4 is 50.7 Å². The van der Waals surface area contributed by atoms with Crippen LogP contribution in [-0.4, -0.2) is 36.2 Å². The molecule has 10 nitrogen and oxygen atoms in total. The maximum Gasteiger partial charge on any atom is 0.338 e. The third-order valence-corrected chi connectivity index (χ3v) is 7.23. The Bertz CT molecular complexity index is 1620. The number of carbonyl (C=O) groups is 1. The summed E-state index contributed by atoms with van der Waals surface area (Å²) in [4.78, 5) is 44.0. The Hall–Kier alpha value is -3.77. The van der Waals surface area contributed by atoms with Crippen molar-refractivity contribution in [3.63, 3.8) is 0 Å². The molecule has 1 aliphatic heterocycles. The maximum atomic E-state index is 13.7. The van der Waals surface area contributed by atoms with Gasteiger partial charge in [-0.1, -0.05) is 39.4 Å². The number of nitro groups is 1. The topological polar surface area (TPSA) is 130 Å². The number of allylic oxidation sites excluding steroid dienone is 1. The van der Waals surface area contributed by atoms with Gasteiger partial charge in [-0.2, -0.15) is 0 Å². The van der Waals surface area contributed by atoms with E-state index in [-0.39, 0.29) is 22.3 Å². The van der Waals surface area contributed by atoms with Crippen LogP contribution in [0.5, 0.6) is 5.75 Å². The molecule has 0 saturated heterocycles. The van der Waals surface area contributed by atoms with Crippen LogP contribution in [0.25, 0.3) is 6.08 Å². The molecule has 2 heterocycles. The molecule has 3 aromatic rings. The van der Waals surface area contributed by atoms with E-state index >= 15 is 0 Å². The molecule has 0 unspecified atom stereocenters. The lowest BCUT2D eigenvalue weighted by Crippen LogP contribution is -2.40. The van der Waals surface area contributed by atoms with E-state index in [0.29, 0.717) is 20.5 Å². The lowest BCUT2D eigenvalue weighted by Gasteiger charge is -2.25. The number of hydrogen-bond donors (Lipinski definition) is 0. The summed E-state index contributed by atoms with van der Waals surface area (Å²) in [5.74, 6) is -1.39. The number of esters is 1. The predicted octanol–water partition coefficient (Wildman–Crippen LogP) is 2.61. The minimum atomic E-state index is -0.808. The number of hydrogen-bond acceptors (Lipinski definition) is 9. The Balaban J connectivity index is 1.97. The first-order valence-corrected chi connectivity index (χ1v) is 12.8. The Kier molecular flexibility index (Phi) is 7.32. The number of benzene rings is 2. The standard InChI is InChI=1S/C25H23BrN4O6S/c1-5-36-24(33)20-13(2)27-25-29(21(20)14-6-8-17(9-7-14)28(3)4)23(32)19(37-25)11-15-10-16(26)12-18(22(15)31)30(34)35/h6-12,21,31H,5H2,1-4H3/p-1/b19-11-/t21-/m0/s1. The summed E-state index contributed by atoms with van der Waals surface area (Å²) in [6, 6.07) is 9.16. The van der Waals surface area contributed by atoms with Crippen LogP contribution >= 0.6 is 27.3 Å². The van der Waals surface area contributed by atoms with Gasteiger partial charge in [-0.25, -0.2) is 9.79 Å². The van der Waals surface area contributed by atoms with Gasteiger partial charge in [0.05, 0.1) is 33.4 Å². The lowest BCUT2D eigenvalue weighted by molar-refractivity contribution is -0.398. The zero-order chi connectivity index (χ0) is 27.0. The van der Waals surface area contributed by atoms with Gasteiger partial charge >= 0.3 is 5.97 Å². The second-order valence-corrected chi connectivity index (χ2v) is 10.3. The number of rotatable bonds is 6.